The Hall–Kier alpha value is 0.660. The summed E-state index contributed by atoms with van der Waals surface area (Å²) < 4.78 is 0. The molecule has 0 aromatic carbocycles. The third-order valence-corrected chi connectivity index (χ3v) is 4.58. The van der Waals surface area contributed by atoms with Crippen LogP contribution in [0.1, 0.15) is 13.8 Å². The van der Waals surface area contributed by atoms with Crippen molar-refractivity contribution in [1.82, 2.24) is 0 Å². The van der Waals surface area contributed by atoms with Gasteiger partial charge in [-0.1, -0.05) is 28.5 Å². The zero-order chi connectivity index (χ0) is 6.91. The molecule has 0 aromatic rings. The molecule has 0 unspecified atom stereocenters. The third-order valence-electron chi connectivity index (χ3n) is 1.81. The Balaban J connectivity index is 2.49. The lowest BCUT2D eigenvalue weighted by atomic mass is 9.95. The fourth-order valence-electron chi connectivity index (χ4n) is 0.633. The minimum absolute atomic E-state index is 0.421. The molecule has 1 heterocycles. The summed E-state index contributed by atoms with van der Waals surface area (Å²) in [5, 5.41) is 9.61. The molecule has 0 saturated carbocycles. The number of hydrogen-bond acceptors (Lipinski definition) is 3. The maximum atomic E-state index is 9.61. The highest BCUT2D eigenvalue weighted by molar-refractivity contribution is 8.76. The molecule has 1 rings (SSSR count). The average molecular weight is 164 g/mol. The zero-order valence-corrected chi connectivity index (χ0v) is 7.39. The summed E-state index contributed by atoms with van der Waals surface area (Å²) in [6.45, 7) is 4.02. The van der Waals surface area contributed by atoms with Gasteiger partial charge in [-0.05, 0) is 12.8 Å². The van der Waals surface area contributed by atoms with Gasteiger partial charge >= 0.3 is 0 Å². The van der Waals surface area contributed by atoms with E-state index in [0.717, 1.165) is 11.5 Å². The fourth-order valence-corrected chi connectivity index (χ4v) is 3.77. The van der Waals surface area contributed by atoms with E-state index in [9.17, 15) is 5.11 Å². The van der Waals surface area contributed by atoms with Crippen LogP contribution in [0.4, 0.5) is 0 Å². The van der Waals surface area contributed by atoms with Crippen molar-refractivity contribution in [3.8, 4) is 0 Å². The van der Waals surface area contributed by atoms with Crippen molar-refractivity contribution >= 4 is 21.6 Å². The maximum Gasteiger partial charge on any atom is 0.0751 e. The Bertz CT molecular complexity index is 103. The molecule has 1 fully saturated rings. The molecule has 1 aliphatic heterocycles. The molecule has 0 aromatic heterocycles. The van der Waals surface area contributed by atoms with Crippen LogP contribution in [0.3, 0.4) is 0 Å². The van der Waals surface area contributed by atoms with Gasteiger partial charge in [0.15, 0.2) is 0 Å². The average Bonchev–Trinajstić information content (AvgIpc) is 1.77. The molecule has 0 aliphatic carbocycles. The minimum atomic E-state index is -0.421. The summed E-state index contributed by atoms with van der Waals surface area (Å²) in [5.74, 6) is 2.40. The molecule has 9 heavy (non-hydrogen) atoms. The molecule has 2 atom stereocenters. The van der Waals surface area contributed by atoms with Crippen molar-refractivity contribution in [2.75, 3.05) is 11.5 Å². The largest absolute Gasteiger partial charge is 0.389 e. The predicted octanol–water partition coefficient (Wildman–Crippen LogP) is 1.77. The van der Waals surface area contributed by atoms with Gasteiger partial charge in [0, 0.05) is 11.5 Å². The molecule has 54 valence electrons. The van der Waals surface area contributed by atoms with Crippen LogP contribution < -0.4 is 0 Å². The Morgan fingerprint density at radius 3 is 2.56 bits per heavy atom. The van der Waals surface area contributed by atoms with Crippen LogP contribution in [0.15, 0.2) is 0 Å². The van der Waals surface area contributed by atoms with Crippen molar-refractivity contribution in [2.45, 2.75) is 19.4 Å². The van der Waals surface area contributed by atoms with Crippen molar-refractivity contribution in [3.05, 3.63) is 0 Å². The Labute approximate surface area is 64.0 Å². The van der Waals surface area contributed by atoms with Crippen LogP contribution in [0, 0.1) is 5.92 Å². The quantitative estimate of drug-likeness (QED) is 0.551. The summed E-state index contributed by atoms with van der Waals surface area (Å²) in [4.78, 5) is 0. The van der Waals surface area contributed by atoms with Crippen molar-refractivity contribution in [3.63, 3.8) is 0 Å². The van der Waals surface area contributed by atoms with Crippen LogP contribution in [-0.4, -0.2) is 22.2 Å². The van der Waals surface area contributed by atoms with Gasteiger partial charge in [0.2, 0.25) is 0 Å². The van der Waals surface area contributed by atoms with Crippen molar-refractivity contribution in [2.24, 2.45) is 5.92 Å². The van der Waals surface area contributed by atoms with Crippen LogP contribution >= 0.6 is 21.6 Å². The molecule has 0 radical (unpaired) electrons. The van der Waals surface area contributed by atoms with E-state index < -0.39 is 5.60 Å². The van der Waals surface area contributed by atoms with Gasteiger partial charge in [0.1, 0.15) is 0 Å². The van der Waals surface area contributed by atoms with E-state index in [1.165, 1.54) is 0 Å². The van der Waals surface area contributed by atoms with Gasteiger partial charge in [-0.3, -0.25) is 0 Å². The second-order valence-corrected chi connectivity index (χ2v) is 5.31. The Morgan fingerprint density at radius 1 is 1.56 bits per heavy atom. The minimum Gasteiger partial charge on any atom is -0.389 e. The second-order valence-electron chi connectivity index (χ2n) is 2.80. The van der Waals surface area contributed by atoms with Gasteiger partial charge in [0.25, 0.3) is 0 Å². The first-order valence-electron chi connectivity index (χ1n) is 3.10. The highest BCUT2D eigenvalue weighted by atomic mass is 33.1. The highest BCUT2D eigenvalue weighted by Gasteiger charge is 2.31. The number of hydrogen-bond donors (Lipinski definition) is 1. The van der Waals surface area contributed by atoms with Crippen LogP contribution in [-0.2, 0) is 0 Å². The topological polar surface area (TPSA) is 20.2 Å². The molecule has 0 amide bonds. The standard InChI is InChI=1S/C6H12OS2/c1-5-3-8-9-4-6(5,2)7/h5,7H,3-4H2,1-2H3/t5-,6-/m0/s1. The summed E-state index contributed by atoms with van der Waals surface area (Å²) >= 11 is 0. The summed E-state index contributed by atoms with van der Waals surface area (Å²) in [6, 6.07) is 0. The van der Waals surface area contributed by atoms with Crippen LogP contribution in [0.25, 0.3) is 0 Å². The molecular formula is C6H12OS2. The van der Waals surface area contributed by atoms with Gasteiger partial charge in [-0.2, -0.15) is 0 Å². The molecule has 1 saturated heterocycles. The Morgan fingerprint density at radius 2 is 2.22 bits per heavy atom. The first kappa shape index (κ1) is 7.76. The molecule has 1 aliphatic rings. The monoisotopic (exact) mass is 164 g/mol. The van der Waals surface area contributed by atoms with Crippen LogP contribution in [0.2, 0.25) is 0 Å². The normalized spacial score (nSPS) is 45.0. The van der Waals surface area contributed by atoms with Gasteiger partial charge in [-0.25, -0.2) is 0 Å². The summed E-state index contributed by atoms with van der Waals surface area (Å²) in [5.41, 5.74) is -0.421. The third kappa shape index (κ3) is 1.79. The molecule has 0 bridgehead atoms. The van der Waals surface area contributed by atoms with Gasteiger partial charge in [0.05, 0.1) is 5.60 Å². The molecule has 0 spiro atoms. The van der Waals surface area contributed by atoms with E-state index in [1.807, 2.05) is 17.7 Å². The zero-order valence-electron chi connectivity index (χ0n) is 5.76. The van der Waals surface area contributed by atoms with E-state index in [1.54, 1.807) is 10.8 Å². The predicted molar refractivity (Wildman–Crippen MR) is 44.7 cm³/mol. The van der Waals surface area contributed by atoms with E-state index in [-0.39, 0.29) is 0 Å². The first-order chi connectivity index (χ1) is 4.13. The molecule has 3 heteroatoms. The number of aliphatic hydroxyl groups is 1. The fraction of sp³-hybridized carbons (Fsp3) is 1.00. The van der Waals surface area contributed by atoms with Crippen molar-refractivity contribution < 1.29 is 5.11 Å². The molecule has 1 nitrogen and oxygen atoms in total. The lowest BCUT2D eigenvalue weighted by molar-refractivity contribution is 0.0390. The molecular weight excluding hydrogens is 152 g/mol. The van der Waals surface area contributed by atoms with E-state index in [0.29, 0.717) is 5.92 Å². The van der Waals surface area contributed by atoms with Gasteiger partial charge < -0.3 is 5.11 Å². The lowest BCUT2D eigenvalue weighted by Gasteiger charge is -2.33. The van der Waals surface area contributed by atoms with E-state index in [4.69, 9.17) is 0 Å². The second kappa shape index (κ2) is 2.72. The summed E-state index contributed by atoms with van der Waals surface area (Å²) in [7, 11) is 3.63. The van der Waals surface area contributed by atoms with E-state index >= 15 is 0 Å². The smallest absolute Gasteiger partial charge is 0.0751 e. The maximum absolute atomic E-state index is 9.61. The summed E-state index contributed by atoms with van der Waals surface area (Å²) in [6.07, 6.45) is 0. The van der Waals surface area contributed by atoms with Crippen LogP contribution in [0.5, 0.6) is 0 Å². The van der Waals surface area contributed by atoms with Crippen molar-refractivity contribution in [1.29, 1.82) is 0 Å². The molecule has 1 N–H and O–H groups in total. The Kier molecular flexibility index (Phi) is 2.35. The first-order valence-corrected chi connectivity index (χ1v) is 5.58. The SMILES string of the molecule is C[C@H]1CSSC[C@]1(C)O. The highest BCUT2D eigenvalue weighted by Crippen LogP contribution is 2.38. The number of rotatable bonds is 0. The van der Waals surface area contributed by atoms with Gasteiger partial charge in [-0.15, -0.1) is 0 Å². The lowest BCUT2D eigenvalue weighted by Crippen LogP contribution is -2.38. The van der Waals surface area contributed by atoms with E-state index in [2.05, 4.69) is 6.92 Å².